The molecule has 94 valence electrons. The molecule has 0 saturated carbocycles. The predicted octanol–water partition coefficient (Wildman–Crippen LogP) is 2.21. The summed E-state index contributed by atoms with van der Waals surface area (Å²) in [6.45, 7) is 2.92. The maximum Gasteiger partial charge on any atom is 0.123 e. The first kappa shape index (κ1) is 12.5. The molecule has 2 rings (SSSR count). The predicted molar refractivity (Wildman–Crippen MR) is 68.4 cm³/mol. The molecule has 1 aromatic rings. The molecule has 1 heterocycles. The van der Waals surface area contributed by atoms with Crippen LogP contribution in [-0.4, -0.2) is 31.6 Å². The molecule has 1 saturated heterocycles. The third kappa shape index (κ3) is 3.05. The lowest BCUT2D eigenvalue weighted by molar-refractivity contribution is 0.188. The van der Waals surface area contributed by atoms with E-state index < -0.39 is 0 Å². The minimum atomic E-state index is -0.176. The average molecular weight is 236 g/mol. The number of benzene rings is 1. The molecule has 2 N–H and O–H groups in total. The lowest BCUT2D eigenvalue weighted by Gasteiger charge is -2.34. The van der Waals surface area contributed by atoms with E-state index in [4.69, 9.17) is 5.73 Å². The van der Waals surface area contributed by atoms with E-state index in [0.717, 1.165) is 6.54 Å². The summed E-state index contributed by atoms with van der Waals surface area (Å²) in [7, 11) is 2.16. The van der Waals surface area contributed by atoms with E-state index in [0.29, 0.717) is 18.4 Å². The minimum absolute atomic E-state index is 0.176. The summed E-state index contributed by atoms with van der Waals surface area (Å²) in [5, 5.41) is 0. The normalized spacial score (nSPS) is 23.6. The Morgan fingerprint density at radius 1 is 1.41 bits per heavy atom. The Morgan fingerprint density at radius 3 is 2.71 bits per heavy atom. The summed E-state index contributed by atoms with van der Waals surface area (Å²) >= 11 is 0. The summed E-state index contributed by atoms with van der Waals surface area (Å²) in [6, 6.07) is 6.82. The third-order valence-corrected chi connectivity index (χ3v) is 3.78. The maximum atomic E-state index is 12.9. The van der Waals surface area contributed by atoms with Crippen LogP contribution < -0.4 is 5.73 Å². The summed E-state index contributed by atoms with van der Waals surface area (Å²) in [4.78, 5) is 2.36. The average Bonchev–Trinajstić information content (AvgIpc) is 2.33. The van der Waals surface area contributed by atoms with Gasteiger partial charge >= 0.3 is 0 Å². The number of likely N-dealkylation sites (tertiary alicyclic amines) is 1. The second-order valence-electron chi connectivity index (χ2n) is 5.06. The van der Waals surface area contributed by atoms with Crippen LogP contribution in [0, 0.1) is 11.7 Å². The molecular weight excluding hydrogens is 215 g/mol. The van der Waals surface area contributed by atoms with Crippen LogP contribution in [0.5, 0.6) is 0 Å². The Labute approximate surface area is 103 Å². The fraction of sp³-hybridized carbons (Fsp3) is 0.571. The highest BCUT2D eigenvalue weighted by Crippen LogP contribution is 2.30. The molecule has 3 heteroatoms. The molecule has 2 unspecified atom stereocenters. The van der Waals surface area contributed by atoms with Crippen LogP contribution in [0.15, 0.2) is 24.3 Å². The van der Waals surface area contributed by atoms with Gasteiger partial charge < -0.3 is 10.6 Å². The van der Waals surface area contributed by atoms with E-state index in [1.54, 1.807) is 0 Å². The molecule has 1 fully saturated rings. The number of hydrogen-bond donors (Lipinski definition) is 1. The van der Waals surface area contributed by atoms with Crippen LogP contribution in [0.4, 0.5) is 4.39 Å². The lowest BCUT2D eigenvalue weighted by Crippen LogP contribution is -2.37. The Bertz CT molecular complexity index is 350. The maximum absolute atomic E-state index is 12.9. The summed E-state index contributed by atoms with van der Waals surface area (Å²) in [6.07, 6.45) is 2.46. The van der Waals surface area contributed by atoms with Crippen LogP contribution in [0.2, 0.25) is 0 Å². The molecule has 2 nitrogen and oxygen atoms in total. The molecular formula is C14H21FN2. The van der Waals surface area contributed by atoms with E-state index in [1.807, 2.05) is 12.1 Å². The largest absolute Gasteiger partial charge is 0.330 e. The van der Waals surface area contributed by atoms with Gasteiger partial charge in [0.05, 0.1) is 0 Å². The highest BCUT2D eigenvalue weighted by Gasteiger charge is 2.25. The Kier molecular flexibility index (Phi) is 4.13. The van der Waals surface area contributed by atoms with E-state index >= 15 is 0 Å². The van der Waals surface area contributed by atoms with Crippen molar-refractivity contribution in [3.8, 4) is 0 Å². The zero-order chi connectivity index (χ0) is 12.3. The fourth-order valence-electron chi connectivity index (χ4n) is 2.85. The van der Waals surface area contributed by atoms with Gasteiger partial charge in [0, 0.05) is 12.5 Å². The zero-order valence-corrected chi connectivity index (χ0v) is 10.4. The molecule has 1 aromatic carbocycles. The first-order valence-corrected chi connectivity index (χ1v) is 6.35. The van der Waals surface area contributed by atoms with Gasteiger partial charge in [0.2, 0.25) is 0 Å². The summed E-state index contributed by atoms with van der Waals surface area (Å²) < 4.78 is 12.9. The van der Waals surface area contributed by atoms with Crippen LogP contribution in [0.3, 0.4) is 0 Å². The number of piperidine rings is 1. The van der Waals surface area contributed by atoms with Crippen LogP contribution in [0.1, 0.15) is 24.3 Å². The molecule has 0 aliphatic carbocycles. The van der Waals surface area contributed by atoms with Crippen molar-refractivity contribution in [3.63, 3.8) is 0 Å². The highest BCUT2D eigenvalue weighted by atomic mass is 19.1. The molecule has 0 amide bonds. The molecule has 1 aliphatic rings. The van der Waals surface area contributed by atoms with Gasteiger partial charge in [-0.15, -0.1) is 0 Å². The fourth-order valence-corrected chi connectivity index (χ4v) is 2.85. The van der Waals surface area contributed by atoms with Gasteiger partial charge in [-0.2, -0.15) is 0 Å². The third-order valence-electron chi connectivity index (χ3n) is 3.78. The van der Waals surface area contributed by atoms with Crippen LogP contribution in [-0.2, 0) is 0 Å². The van der Waals surface area contributed by atoms with E-state index in [9.17, 15) is 4.39 Å². The van der Waals surface area contributed by atoms with E-state index in [1.165, 1.54) is 37.1 Å². The van der Waals surface area contributed by atoms with Gasteiger partial charge in [-0.1, -0.05) is 12.1 Å². The van der Waals surface area contributed by atoms with E-state index in [-0.39, 0.29) is 5.82 Å². The Morgan fingerprint density at radius 2 is 2.12 bits per heavy atom. The molecule has 1 aliphatic heterocycles. The van der Waals surface area contributed by atoms with Gasteiger partial charge in [0.1, 0.15) is 5.82 Å². The number of rotatable bonds is 3. The minimum Gasteiger partial charge on any atom is -0.330 e. The standard InChI is InChI=1S/C14H21FN2/c1-17-8-2-3-12(10-17)14(9-16)11-4-6-13(15)7-5-11/h4-7,12,14H,2-3,8-10,16H2,1H3. The van der Waals surface area contributed by atoms with Crippen molar-refractivity contribution in [1.29, 1.82) is 0 Å². The quantitative estimate of drug-likeness (QED) is 0.872. The zero-order valence-electron chi connectivity index (χ0n) is 10.4. The highest BCUT2D eigenvalue weighted by molar-refractivity contribution is 5.22. The smallest absolute Gasteiger partial charge is 0.123 e. The Hall–Kier alpha value is -0.930. The number of halogens is 1. The van der Waals surface area contributed by atoms with Crippen molar-refractivity contribution < 1.29 is 4.39 Å². The van der Waals surface area contributed by atoms with Crippen LogP contribution in [0.25, 0.3) is 0 Å². The summed E-state index contributed by atoms with van der Waals surface area (Å²) in [5.41, 5.74) is 7.08. The van der Waals surface area contributed by atoms with Crippen molar-refractivity contribution in [3.05, 3.63) is 35.6 Å². The topological polar surface area (TPSA) is 29.3 Å². The second kappa shape index (κ2) is 5.61. The van der Waals surface area contributed by atoms with Crippen molar-refractivity contribution >= 4 is 0 Å². The number of nitrogens with zero attached hydrogens (tertiary/aromatic N) is 1. The molecule has 0 spiro atoms. The first-order valence-electron chi connectivity index (χ1n) is 6.35. The van der Waals surface area contributed by atoms with Crippen LogP contribution >= 0.6 is 0 Å². The molecule has 0 aromatic heterocycles. The molecule has 0 bridgehead atoms. The van der Waals surface area contributed by atoms with Gasteiger partial charge in [-0.05, 0) is 56.6 Å². The number of nitrogens with two attached hydrogens (primary N) is 1. The molecule has 17 heavy (non-hydrogen) atoms. The Balaban J connectivity index is 2.12. The molecule has 0 radical (unpaired) electrons. The van der Waals surface area contributed by atoms with Gasteiger partial charge in [-0.3, -0.25) is 0 Å². The SMILES string of the molecule is CN1CCCC(C(CN)c2ccc(F)cc2)C1. The van der Waals surface area contributed by atoms with Crippen molar-refractivity contribution in [2.45, 2.75) is 18.8 Å². The summed E-state index contributed by atoms with van der Waals surface area (Å²) in [5.74, 6) is 0.785. The van der Waals surface area contributed by atoms with Gasteiger partial charge in [0.25, 0.3) is 0 Å². The lowest BCUT2D eigenvalue weighted by atomic mass is 9.81. The van der Waals surface area contributed by atoms with Crippen molar-refractivity contribution in [2.24, 2.45) is 11.7 Å². The van der Waals surface area contributed by atoms with Gasteiger partial charge in [0.15, 0.2) is 0 Å². The van der Waals surface area contributed by atoms with Gasteiger partial charge in [-0.25, -0.2) is 4.39 Å². The van der Waals surface area contributed by atoms with E-state index in [2.05, 4.69) is 11.9 Å². The first-order chi connectivity index (χ1) is 8.20. The second-order valence-corrected chi connectivity index (χ2v) is 5.06. The van der Waals surface area contributed by atoms with Crippen molar-refractivity contribution in [1.82, 2.24) is 4.90 Å². The molecule has 2 atom stereocenters. The van der Waals surface area contributed by atoms with Crippen molar-refractivity contribution in [2.75, 3.05) is 26.7 Å². The number of hydrogen-bond acceptors (Lipinski definition) is 2. The monoisotopic (exact) mass is 236 g/mol.